The summed E-state index contributed by atoms with van der Waals surface area (Å²) in [7, 11) is 0. The van der Waals surface area contributed by atoms with Gasteiger partial charge in [0.25, 0.3) is 0 Å². The lowest BCUT2D eigenvalue weighted by Gasteiger charge is -2.22. The minimum absolute atomic E-state index is 0.0513. The van der Waals surface area contributed by atoms with Crippen LogP contribution in [0.25, 0.3) is 0 Å². The monoisotopic (exact) mass is 278 g/mol. The number of benzene rings is 1. The van der Waals surface area contributed by atoms with E-state index < -0.39 is 18.1 Å². The van der Waals surface area contributed by atoms with Gasteiger partial charge in [-0.05, 0) is 24.3 Å². The van der Waals surface area contributed by atoms with Gasteiger partial charge in [0, 0.05) is 12.3 Å². The second-order valence-corrected chi connectivity index (χ2v) is 5.87. The van der Waals surface area contributed by atoms with Gasteiger partial charge in [-0.3, -0.25) is 4.79 Å². The Bertz CT molecular complexity index is 400. The Hall–Kier alpha value is -1.19. The molecule has 0 aliphatic rings. The molecule has 0 aromatic heterocycles. The molecule has 3 atom stereocenters. The fraction of sp³-hybridized carbons (Fsp3) is 0.588. The van der Waals surface area contributed by atoms with E-state index in [0.29, 0.717) is 6.42 Å². The Balaban J connectivity index is 2.38. The Morgan fingerprint density at radius 3 is 2.25 bits per heavy atom. The van der Waals surface area contributed by atoms with Crippen LogP contribution in [0.1, 0.15) is 39.2 Å². The van der Waals surface area contributed by atoms with Gasteiger partial charge in [0.2, 0.25) is 0 Å². The first-order chi connectivity index (χ1) is 9.41. The molecule has 0 bridgehead atoms. The number of aryl methyl sites for hydroxylation is 1. The second-order valence-electron chi connectivity index (χ2n) is 5.87. The molecular formula is C17H26O3. The molecule has 1 aromatic rings. The third-order valence-electron chi connectivity index (χ3n) is 3.75. The average molecular weight is 278 g/mol. The Kier molecular flexibility index (Phi) is 6.89. The molecule has 2 N–H and O–H groups in total. The summed E-state index contributed by atoms with van der Waals surface area (Å²) in [6.07, 6.45) is 0.183. The van der Waals surface area contributed by atoms with Crippen LogP contribution in [0, 0.1) is 11.8 Å². The number of carbonyl (C=O) groups excluding carboxylic acids is 1. The van der Waals surface area contributed by atoms with E-state index in [4.69, 9.17) is 0 Å². The molecule has 1 aromatic carbocycles. The normalized spacial score (nSPS) is 15.9. The number of Topliss-reactive ketones (excluding diaryl/α,β-unsaturated/α-hetero) is 1. The molecule has 0 saturated heterocycles. The zero-order chi connectivity index (χ0) is 15.1. The summed E-state index contributed by atoms with van der Waals surface area (Å²) in [4.78, 5) is 12.0. The van der Waals surface area contributed by atoms with Crippen LogP contribution in [0.3, 0.4) is 0 Å². The highest BCUT2D eigenvalue weighted by molar-refractivity contribution is 5.81. The maximum absolute atomic E-state index is 12.0. The highest BCUT2D eigenvalue weighted by atomic mass is 16.3. The number of aliphatic hydroxyl groups is 2. The van der Waals surface area contributed by atoms with E-state index in [-0.39, 0.29) is 18.1 Å². The molecule has 0 spiro atoms. The lowest BCUT2D eigenvalue weighted by molar-refractivity contribution is -0.128. The molecule has 3 nitrogen and oxygen atoms in total. The molecule has 3 unspecified atom stereocenters. The van der Waals surface area contributed by atoms with Crippen molar-refractivity contribution in [1.29, 1.82) is 0 Å². The van der Waals surface area contributed by atoms with Gasteiger partial charge in [-0.2, -0.15) is 0 Å². The van der Waals surface area contributed by atoms with E-state index in [1.807, 2.05) is 44.2 Å². The van der Waals surface area contributed by atoms with Crippen LogP contribution in [0.5, 0.6) is 0 Å². The third-order valence-corrected chi connectivity index (χ3v) is 3.75. The van der Waals surface area contributed by atoms with Crippen molar-refractivity contribution >= 4 is 5.78 Å². The van der Waals surface area contributed by atoms with Crippen molar-refractivity contribution in [2.75, 3.05) is 0 Å². The number of aliphatic hydroxyl groups excluding tert-OH is 2. The molecule has 112 valence electrons. The van der Waals surface area contributed by atoms with Crippen LogP contribution in [0.4, 0.5) is 0 Å². The lowest BCUT2D eigenvalue weighted by Crippen LogP contribution is -2.32. The summed E-state index contributed by atoms with van der Waals surface area (Å²) in [5, 5.41) is 19.8. The zero-order valence-corrected chi connectivity index (χ0v) is 12.6. The standard InChI is InChI=1S/C17H26O3/c1-12(2)17(20)13(3)16(19)11-15(18)10-9-14-7-5-4-6-8-14/h4-8,12-13,15,17-18,20H,9-11H2,1-3H3. The number of rotatable bonds is 8. The Labute approximate surface area is 121 Å². The van der Waals surface area contributed by atoms with Crippen LogP contribution in [0.15, 0.2) is 30.3 Å². The van der Waals surface area contributed by atoms with Crippen molar-refractivity contribution in [3.8, 4) is 0 Å². The van der Waals surface area contributed by atoms with Gasteiger partial charge in [0.1, 0.15) is 5.78 Å². The van der Waals surface area contributed by atoms with Crippen LogP contribution in [0.2, 0.25) is 0 Å². The fourth-order valence-electron chi connectivity index (χ4n) is 2.27. The highest BCUT2D eigenvalue weighted by Gasteiger charge is 2.25. The molecule has 0 aliphatic heterocycles. The zero-order valence-electron chi connectivity index (χ0n) is 12.6. The van der Waals surface area contributed by atoms with Gasteiger partial charge in [-0.15, -0.1) is 0 Å². The topological polar surface area (TPSA) is 57.5 Å². The number of hydrogen-bond donors (Lipinski definition) is 2. The van der Waals surface area contributed by atoms with E-state index >= 15 is 0 Å². The van der Waals surface area contributed by atoms with Crippen molar-refractivity contribution in [3.63, 3.8) is 0 Å². The first kappa shape index (κ1) is 16.9. The first-order valence-corrected chi connectivity index (χ1v) is 7.34. The predicted molar refractivity (Wildman–Crippen MR) is 80.4 cm³/mol. The number of hydrogen-bond acceptors (Lipinski definition) is 3. The largest absolute Gasteiger partial charge is 0.393 e. The van der Waals surface area contributed by atoms with Gasteiger partial charge < -0.3 is 10.2 Å². The molecule has 0 saturated carbocycles. The molecule has 0 fully saturated rings. The molecule has 0 aliphatic carbocycles. The van der Waals surface area contributed by atoms with Crippen molar-refractivity contribution in [2.45, 2.75) is 52.2 Å². The van der Waals surface area contributed by atoms with Gasteiger partial charge in [-0.1, -0.05) is 51.1 Å². The van der Waals surface area contributed by atoms with Gasteiger partial charge >= 0.3 is 0 Å². The number of carbonyl (C=O) groups is 1. The minimum atomic E-state index is -0.635. The van der Waals surface area contributed by atoms with E-state index in [9.17, 15) is 15.0 Å². The van der Waals surface area contributed by atoms with Crippen molar-refractivity contribution < 1.29 is 15.0 Å². The molecular weight excluding hydrogens is 252 g/mol. The Morgan fingerprint density at radius 2 is 1.70 bits per heavy atom. The molecule has 0 radical (unpaired) electrons. The van der Waals surface area contributed by atoms with E-state index in [1.54, 1.807) is 6.92 Å². The lowest BCUT2D eigenvalue weighted by atomic mass is 9.88. The summed E-state index contributed by atoms with van der Waals surface area (Å²) in [6, 6.07) is 9.92. The SMILES string of the molecule is CC(C)C(O)C(C)C(=O)CC(O)CCc1ccccc1. The second kappa shape index (κ2) is 8.18. The van der Waals surface area contributed by atoms with Gasteiger partial charge in [0.05, 0.1) is 12.2 Å². The van der Waals surface area contributed by atoms with E-state index in [1.165, 1.54) is 0 Å². The van der Waals surface area contributed by atoms with E-state index in [0.717, 1.165) is 12.0 Å². The minimum Gasteiger partial charge on any atom is -0.393 e. The van der Waals surface area contributed by atoms with Crippen molar-refractivity contribution in [3.05, 3.63) is 35.9 Å². The van der Waals surface area contributed by atoms with Crippen LogP contribution >= 0.6 is 0 Å². The summed E-state index contributed by atoms with van der Waals surface area (Å²) in [6.45, 7) is 5.51. The first-order valence-electron chi connectivity index (χ1n) is 7.34. The average Bonchev–Trinajstić information content (AvgIpc) is 2.44. The molecule has 0 heterocycles. The molecule has 3 heteroatoms. The predicted octanol–water partition coefficient (Wildman–Crippen LogP) is 2.59. The maximum Gasteiger partial charge on any atom is 0.140 e. The quantitative estimate of drug-likeness (QED) is 0.768. The van der Waals surface area contributed by atoms with Crippen LogP contribution in [-0.4, -0.2) is 28.2 Å². The highest BCUT2D eigenvalue weighted by Crippen LogP contribution is 2.17. The van der Waals surface area contributed by atoms with Crippen molar-refractivity contribution in [2.24, 2.45) is 11.8 Å². The third kappa shape index (κ3) is 5.43. The number of ketones is 1. The van der Waals surface area contributed by atoms with Gasteiger partial charge in [-0.25, -0.2) is 0 Å². The van der Waals surface area contributed by atoms with Crippen molar-refractivity contribution in [1.82, 2.24) is 0 Å². The summed E-state index contributed by atoms with van der Waals surface area (Å²) in [5.41, 5.74) is 1.16. The summed E-state index contributed by atoms with van der Waals surface area (Å²) in [5.74, 6) is -0.427. The molecule has 20 heavy (non-hydrogen) atoms. The maximum atomic E-state index is 12.0. The Morgan fingerprint density at radius 1 is 1.10 bits per heavy atom. The van der Waals surface area contributed by atoms with Crippen LogP contribution in [-0.2, 0) is 11.2 Å². The molecule has 0 amide bonds. The molecule has 1 rings (SSSR count). The van der Waals surface area contributed by atoms with E-state index in [2.05, 4.69) is 0 Å². The summed E-state index contributed by atoms with van der Waals surface area (Å²) >= 11 is 0. The fourth-order valence-corrected chi connectivity index (χ4v) is 2.27. The summed E-state index contributed by atoms with van der Waals surface area (Å²) < 4.78 is 0. The smallest absolute Gasteiger partial charge is 0.140 e. The van der Waals surface area contributed by atoms with Crippen LogP contribution < -0.4 is 0 Å². The van der Waals surface area contributed by atoms with Gasteiger partial charge in [0.15, 0.2) is 0 Å².